The van der Waals surface area contributed by atoms with Gasteiger partial charge in [-0.05, 0) is 36.8 Å². The molecule has 0 heterocycles. The summed E-state index contributed by atoms with van der Waals surface area (Å²) in [7, 11) is 0. The highest BCUT2D eigenvalue weighted by atomic mass is 35.5. The normalized spacial score (nSPS) is 10.1. The summed E-state index contributed by atoms with van der Waals surface area (Å²) in [5.41, 5.74) is 0.495. The van der Waals surface area contributed by atoms with Crippen LogP contribution in [0.5, 0.6) is 11.5 Å². The molecule has 0 spiro atoms. The van der Waals surface area contributed by atoms with Crippen molar-refractivity contribution in [2.45, 2.75) is 6.92 Å². The number of nitriles is 1. The van der Waals surface area contributed by atoms with Crippen molar-refractivity contribution in [3.05, 3.63) is 58.1 Å². The van der Waals surface area contributed by atoms with Crippen molar-refractivity contribution in [2.24, 2.45) is 0 Å². The summed E-state index contributed by atoms with van der Waals surface area (Å²) in [4.78, 5) is 0. The van der Waals surface area contributed by atoms with Gasteiger partial charge >= 0.3 is 0 Å². The standard InChI is InChI=1S/C14H8ClF2NO/c1-8-2-4-10(15)14(13(8)17)19-12-5-3-9(7-18)6-11(12)16/h2-6H,1H3. The molecule has 0 aliphatic rings. The van der Waals surface area contributed by atoms with Crippen LogP contribution >= 0.6 is 11.6 Å². The molecule has 0 saturated carbocycles. The second-order valence-corrected chi connectivity index (χ2v) is 4.27. The molecule has 0 aliphatic carbocycles. The van der Waals surface area contributed by atoms with Gasteiger partial charge in [-0.1, -0.05) is 17.7 Å². The van der Waals surface area contributed by atoms with Crippen LogP contribution in [0.2, 0.25) is 5.02 Å². The smallest absolute Gasteiger partial charge is 0.182 e. The highest BCUT2D eigenvalue weighted by Gasteiger charge is 2.14. The number of halogens is 3. The molecule has 0 radical (unpaired) electrons. The predicted octanol–water partition coefficient (Wildman–Crippen LogP) is 4.59. The monoisotopic (exact) mass is 279 g/mol. The predicted molar refractivity (Wildman–Crippen MR) is 67.3 cm³/mol. The molecule has 0 unspecified atom stereocenters. The zero-order valence-electron chi connectivity index (χ0n) is 9.88. The van der Waals surface area contributed by atoms with Crippen molar-refractivity contribution in [1.82, 2.24) is 0 Å². The first-order valence-corrected chi connectivity index (χ1v) is 5.73. The van der Waals surface area contributed by atoms with Crippen molar-refractivity contribution in [1.29, 1.82) is 5.26 Å². The van der Waals surface area contributed by atoms with Gasteiger partial charge in [0.05, 0.1) is 16.7 Å². The minimum atomic E-state index is -0.754. The molecule has 0 atom stereocenters. The van der Waals surface area contributed by atoms with Gasteiger partial charge in [0.1, 0.15) is 0 Å². The van der Waals surface area contributed by atoms with E-state index in [1.807, 2.05) is 0 Å². The Balaban J connectivity index is 2.42. The first-order valence-electron chi connectivity index (χ1n) is 5.35. The Kier molecular flexibility index (Phi) is 3.68. The molecular formula is C14H8ClF2NO. The molecule has 5 heteroatoms. The van der Waals surface area contributed by atoms with E-state index < -0.39 is 11.6 Å². The molecule has 0 amide bonds. The molecule has 0 N–H and O–H groups in total. The van der Waals surface area contributed by atoms with Gasteiger partial charge in [-0.3, -0.25) is 0 Å². The van der Waals surface area contributed by atoms with E-state index in [0.717, 1.165) is 6.07 Å². The Bertz CT molecular complexity index is 680. The van der Waals surface area contributed by atoms with Gasteiger partial charge < -0.3 is 4.74 Å². The minimum absolute atomic E-state index is 0.0480. The maximum Gasteiger partial charge on any atom is 0.182 e. The van der Waals surface area contributed by atoms with Gasteiger partial charge in [0.2, 0.25) is 0 Å². The molecule has 2 aromatic carbocycles. The fourth-order valence-corrected chi connectivity index (χ4v) is 1.67. The molecule has 0 aliphatic heterocycles. The zero-order chi connectivity index (χ0) is 14.0. The van der Waals surface area contributed by atoms with Crippen LogP contribution in [-0.2, 0) is 0 Å². The van der Waals surface area contributed by atoms with Crippen molar-refractivity contribution in [2.75, 3.05) is 0 Å². The number of ether oxygens (including phenoxy) is 1. The van der Waals surface area contributed by atoms with E-state index in [9.17, 15) is 8.78 Å². The second-order valence-electron chi connectivity index (χ2n) is 3.87. The van der Waals surface area contributed by atoms with Crippen LogP contribution in [0.4, 0.5) is 8.78 Å². The number of hydrogen-bond acceptors (Lipinski definition) is 2. The molecule has 0 bridgehead atoms. The zero-order valence-corrected chi connectivity index (χ0v) is 10.6. The molecule has 2 aromatic rings. The van der Waals surface area contributed by atoms with E-state index >= 15 is 0 Å². The van der Waals surface area contributed by atoms with Gasteiger partial charge in [-0.25, -0.2) is 8.78 Å². The Hall–Kier alpha value is -2.12. The average molecular weight is 280 g/mol. The van der Waals surface area contributed by atoms with Crippen LogP contribution in [0, 0.1) is 29.9 Å². The van der Waals surface area contributed by atoms with Gasteiger partial charge in [-0.2, -0.15) is 5.26 Å². The summed E-state index contributed by atoms with van der Waals surface area (Å²) in [6.45, 7) is 1.55. The first-order chi connectivity index (χ1) is 9.02. The lowest BCUT2D eigenvalue weighted by Gasteiger charge is -2.10. The quantitative estimate of drug-likeness (QED) is 0.805. The number of benzene rings is 2. The highest BCUT2D eigenvalue weighted by Crippen LogP contribution is 2.34. The molecule has 96 valence electrons. The average Bonchev–Trinajstić information content (AvgIpc) is 2.40. The van der Waals surface area contributed by atoms with Crippen molar-refractivity contribution < 1.29 is 13.5 Å². The lowest BCUT2D eigenvalue weighted by atomic mass is 10.2. The number of hydrogen-bond donors (Lipinski definition) is 0. The summed E-state index contributed by atoms with van der Waals surface area (Å²) in [5.74, 6) is -1.82. The Morgan fingerprint density at radius 3 is 2.58 bits per heavy atom. The Labute approximate surface area is 113 Å². The topological polar surface area (TPSA) is 33.0 Å². The van der Waals surface area contributed by atoms with Gasteiger partial charge in [0.25, 0.3) is 0 Å². The number of aryl methyl sites for hydroxylation is 1. The fraction of sp³-hybridized carbons (Fsp3) is 0.0714. The van der Waals surface area contributed by atoms with Gasteiger partial charge in [0, 0.05) is 0 Å². The van der Waals surface area contributed by atoms with Crippen molar-refractivity contribution in [3.63, 3.8) is 0 Å². The first kappa shape index (κ1) is 13.3. The minimum Gasteiger partial charge on any atom is -0.450 e. The number of nitrogens with zero attached hydrogens (tertiary/aromatic N) is 1. The highest BCUT2D eigenvalue weighted by molar-refractivity contribution is 6.32. The van der Waals surface area contributed by atoms with Crippen LogP contribution in [0.1, 0.15) is 11.1 Å². The second kappa shape index (κ2) is 5.25. The van der Waals surface area contributed by atoms with E-state index in [1.165, 1.54) is 24.3 Å². The maximum atomic E-state index is 13.8. The van der Waals surface area contributed by atoms with Crippen LogP contribution in [-0.4, -0.2) is 0 Å². The molecule has 19 heavy (non-hydrogen) atoms. The Morgan fingerprint density at radius 2 is 1.95 bits per heavy atom. The third-order valence-electron chi connectivity index (χ3n) is 2.52. The lowest BCUT2D eigenvalue weighted by Crippen LogP contribution is -1.95. The third kappa shape index (κ3) is 2.67. The summed E-state index contributed by atoms with van der Waals surface area (Å²) >= 11 is 5.82. The molecule has 0 saturated heterocycles. The van der Waals surface area contributed by atoms with Crippen LogP contribution < -0.4 is 4.74 Å². The van der Waals surface area contributed by atoms with E-state index in [4.69, 9.17) is 21.6 Å². The van der Waals surface area contributed by atoms with Gasteiger partial charge in [-0.15, -0.1) is 0 Å². The summed E-state index contributed by atoms with van der Waals surface area (Å²) in [6.07, 6.45) is 0. The third-order valence-corrected chi connectivity index (χ3v) is 2.81. The molecule has 0 aromatic heterocycles. The van der Waals surface area contributed by atoms with Crippen LogP contribution in [0.15, 0.2) is 30.3 Å². The Morgan fingerprint density at radius 1 is 1.21 bits per heavy atom. The van der Waals surface area contributed by atoms with Crippen LogP contribution in [0.25, 0.3) is 0 Å². The fourth-order valence-electron chi connectivity index (χ4n) is 1.49. The van der Waals surface area contributed by atoms with Crippen LogP contribution in [0.3, 0.4) is 0 Å². The van der Waals surface area contributed by atoms with Crippen molar-refractivity contribution >= 4 is 11.6 Å². The lowest BCUT2D eigenvalue weighted by molar-refractivity contribution is 0.413. The van der Waals surface area contributed by atoms with E-state index in [1.54, 1.807) is 13.0 Å². The molecule has 2 nitrogen and oxygen atoms in total. The summed E-state index contributed by atoms with van der Waals surface area (Å²) < 4.78 is 32.6. The van der Waals surface area contributed by atoms with Gasteiger partial charge in [0.15, 0.2) is 23.1 Å². The number of rotatable bonds is 2. The molecular weight excluding hydrogens is 272 g/mol. The largest absolute Gasteiger partial charge is 0.450 e. The summed E-state index contributed by atoms with van der Waals surface area (Å²) in [5, 5.41) is 8.68. The summed E-state index contributed by atoms with van der Waals surface area (Å²) in [6, 6.07) is 8.41. The molecule has 2 rings (SSSR count). The van der Waals surface area contributed by atoms with E-state index in [2.05, 4.69) is 0 Å². The SMILES string of the molecule is Cc1ccc(Cl)c(Oc2ccc(C#N)cc2F)c1F. The maximum absolute atomic E-state index is 13.8. The van der Waals surface area contributed by atoms with E-state index in [0.29, 0.717) is 5.56 Å². The van der Waals surface area contributed by atoms with Crippen molar-refractivity contribution in [3.8, 4) is 17.6 Å². The molecule has 0 fully saturated rings. The van der Waals surface area contributed by atoms with E-state index in [-0.39, 0.29) is 22.1 Å².